The number of amides is 1. The van der Waals surface area contributed by atoms with Crippen molar-refractivity contribution in [3.05, 3.63) is 47.7 Å². The quantitative estimate of drug-likeness (QED) is 0.257. The van der Waals surface area contributed by atoms with E-state index in [2.05, 4.69) is 27.7 Å². The molecule has 9 nitrogen and oxygen atoms in total. The van der Waals surface area contributed by atoms with Gasteiger partial charge in [-0.1, -0.05) is 32.0 Å². The van der Waals surface area contributed by atoms with Gasteiger partial charge in [-0.3, -0.25) is 9.69 Å². The molecule has 3 N–H and O–H groups in total. The number of carbonyl (C=O) groups excluding carboxylic acids is 1. The maximum atomic E-state index is 12.2. The van der Waals surface area contributed by atoms with Crippen LogP contribution in [0.2, 0.25) is 0 Å². The minimum Gasteiger partial charge on any atom is -0.493 e. The molecular formula is C30H44N4O5. The number of aromatic nitrogens is 1. The lowest BCUT2D eigenvalue weighted by Gasteiger charge is -2.25. The zero-order valence-corrected chi connectivity index (χ0v) is 23.6. The lowest BCUT2D eigenvalue weighted by molar-refractivity contribution is -0.142. The third kappa shape index (κ3) is 10.4. The molecule has 3 rings (SSSR count). The molecule has 39 heavy (non-hydrogen) atoms. The number of carbonyl (C=O) groups is 2. The number of pyridine rings is 1. The molecule has 0 fully saturated rings. The number of carboxylic acids is 1. The molecule has 1 unspecified atom stereocenters. The lowest BCUT2D eigenvalue weighted by Crippen LogP contribution is -2.44. The van der Waals surface area contributed by atoms with Crippen molar-refractivity contribution >= 4 is 17.7 Å². The fraction of sp³-hybridized carbons (Fsp3) is 0.567. The molecule has 0 saturated carbocycles. The van der Waals surface area contributed by atoms with Crippen molar-refractivity contribution in [3.63, 3.8) is 0 Å². The Bertz CT molecular complexity index is 1060. The first-order chi connectivity index (χ1) is 18.9. The van der Waals surface area contributed by atoms with E-state index in [1.165, 1.54) is 5.56 Å². The third-order valence-electron chi connectivity index (χ3n) is 6.80. The summed E-state index contributed by atoms with van der Waals surface area (Å²) in [6.45, 7) is 7.26. The number of nitrogens with zero attached hydrogens (tertiary/aromatic N) is 2. The standard InChI is InChI=1S/C30H44N4O5/c1-22(2)21-28(35)33-25(30(36)37)15-18-34(19-20-39-27-12-5-4-11-26(27)38-3)17-7-6-10-24-14-13-23-9-8-16-31-29(23)32-24/h4-5,11-14,22,25H,6-10,15-21H2,1-3H3,(H,31,32)(H,33,35)(H,36,37). The molecule has 0 saturated heterocycles. The number of ether oxygens (including phenoxy) is 2. The maximum Gasteiger partial charge on any atom is 0.326 e. The first-order valence-corrected chi connectivity index (χ1v) is 14.1. The summed E-state index contributed by atoms with van der Waals surface area (Å²) in [4.78, 5) is 31.1. The molecule has 214 valence electrons. The number of fused-ring (bicyclic) bond motifs is 1. The molecule has 2 aromatic rings. The normalized spacial score (nSPS) is 13.5. The van der Waals surface area contributed by atoms with Gasteiger partial charge in [-0.05, 0) is 74.8 Å². The summed E-state index contributed by atoms with van der Waals surface area (Å²) in [7, 11) is 1.61. The average Bonchev–Trinajstić information content (AvgIpc) is 2.92. The zero-order valence-electron chi connectivity index (χ0n) is 23.6. The highest BCUT2D eigenvalue weighted by atomic mass is 16.5. The van der Waals surface area contributed by atoms with Gasteiger partial charge in [0.1, 0.15) is 18.5 Å². The fourth-order valence-corrected chi connectivity index (χ4v) is 4.70. The van der Waals surface area contributed by atoms with E-state index < -0.39 is 12.0 Å². The molecule has 1 atom stereocenters. The Hall–Kier alpha value is -3.33. The number of nitrogens with one attached hydrogen (secondary N) is 2. The minimum absolute atomic E-state index is 0.170. The number of methoxy groups -OCH3 is 1. The van der Waals surface area contributed by atoms with Crippen LogP contribution in [0.25, 0.3) is 0 Å². The molecule has 9 heteroatoms. The molecule has 0 bridgehead atoms. The van der Waals surface area contributed by atoms with Crippen molar-refractivity contribution in [1.29, 1.82) is 0 Å². The second kappa shape index (κ2) is 15.9. The molecule has 1 aromatic heterocycles. The van der Waals surface area contributed by atoms with Crippen LogP contribution >= 0.6 is 0 Å². The topological polar surface area (TPSA) is 113 Å². The van der Waals surface area contributed by atoms with Crippen LogP contribution in [0.15, 0.2) is 36.4 Å². The molecule has 1 aliphatic rings. The number of carboxylic acid groups (broad SMARTS) is 1. The Morgan fingerprint density at radius 1 is 1.10 bits per heavy atom. The molecule has 0 aliphatic carbocycles. The van der Waals surface area contributed by atoms with Gasteiger partial charge in [0, 0.05) is 31.7 Å². The first kappa shape index (κ1) is 30.2. The van der Waals surface area contributed by atoms with Gasteiger partial charge in [0.05, 0.1) is 7.11 Å². The first-order valence-electron chi connectivity index (χ1n) is 14.1. The van der Waals surface area contributed by atoms with Crippen LogP contribution in [0, 0.1) is 5.92 Å². The van der Waals surface area contributed by atoms with Crippen molar-refractivity contribution in [2.45, 2.75) is 64.8 Å². The molecule has 0 radical (unpaired) electrons. The van der Waals surface area contributed by atoms with Crippen LogP contribution in [0.4, 0.5) is 5.82 Å². The number of unbranched alkanes of at least 4 members (excludes halogenated alkanes) is 1. The van der Waals surface area contributed by atoms with Gasteiger partial charge in [0.15, 0.2) is 11.5 Å². The molecule has 1 aliphatic heterocycles. The van der Waals surface area contributed by atoms with Crippen LogP contribution in [0.5, 0.6) is 11.5 Å². The van der Waals surface area contributed by atoms with E-state index >= 15 is 0 Å². The number of hydrogen-bond acceptors (Lipinski definition) is 7. The van der Waals surface area contributed by atoms with E-state index in [1.54, 1.807) is 7.11 Å². The molecular weight excluding hydrogens is 496 g/mol. The van der Waals surface area contributed by atoms with E-state index in [-0.39, 0.29) is 11.8 Å². The van der Waals surface area contributed by atoms with Crippen molar-refractivity contribution in [2.24, 2.45) is 5.92 Å². The Morgan fingerprint density at radius 3 is 2.64 bits per heavy atom. The maximum absolute atomic E-state index is 12.2. The van der Waals surface area contributed by atoms with Crippen molar-refractivity contribution in [3.8, 4) is 11.5 Å². The predicted molar refractivity (Wildman–Crippen MR) is 153 cm³/mol. The Labute approximate surface area is 232 Å². The van der Waals surface area contributed by atoms with Gasteiger partial charge in [-0.2, -0.15) is 0 Å². The minimum atomic E-state index is -1.01. The average molecular weight is 541 g/mol. The van der Waals surface area contributed by atoms with E-state index in [0.717, 1.165) is 56.7 Å². The zero-order chi connectivity index (χ0) is 28.0. The van der Waals surface area contributed by atoms with Crippen LogP contribution in [0.1, 0.15) is 57.2 Å². The van der Waals surface area contributed by atoms with E-state index in [4.69, 9.17) is 14.5 Å². The van der Waals surface area contributed by atoms with Crippen molar-refractivity contribution < 1.29 is 24.2 Å². The van der Waals surface area contributed by atoms with E-state index in [0.29, 0.717) is 44.0 Å². The summed E-state index contributed by atoms with van der Waals surface area (Å²) >= 11 is 0. The predicted octanol–water partition coefficient (Wildman–Crippen LogP) is 4.16. The molecule has 1 aromatic carbocycles. The number of aliphatic carboxylic acids is 1. The smallest absolute Gasteiger partial charge is 0.326 e. The van der Waals surface area contributed by atoms with Gasteiger partial charge >= 0.3 is 5.97 Å². The number of para-hydroxylation sites is 2. The number of rotatable bonds is 17. The molecule has 1 amide bonds. The Balaban J connectivity index is 1.54. The van der Waals surface area contributed by atoms with Gasteiger partial charge in [-0.25, -0.2) is 9.78 Å². The second-order valence-corrected chi connectivity index (χ2v) is 10.5. The van der Waals surface area contributed by atoms with Gasteiger partial charge < -0.3 is 25.2 Å². The van der Waals surface area contributed by atoms with Crippen LogP contribution in [0.3, 0.4) is 0 Å². The van der Waals surface area contributed by atoms with E-state index in [9.17, 15) is 14.7 Å². The van der Waals surface area contributed by atoms with Crippen LogP contribution in [-0.4, -0.2) is 72.8 Å². The van der Waals surface area contributed by atoms with Crippen molar-refractivity contribution in [2.75, 3.05) is 45.2 Å². The third-order valence-corrected chi connectivity index (χ3v) is 6.80. The SMILES string of the molecule is COc1ccccc1OCCN(CCCCc1ccc2c(n1)NCCC2)CCC(NC(=O)CC(C)C)C(=O)O. The van der Waals surface area contributed by atoms with Gasteiger partial charge in [0.2, 0.25) is 5.91 Å². The summed E-state index contributed by atoms with van der Waals surface area (Å²) in [5.41, 5.74) is 2.38. The number of hydrogen-bond donors (Lipinski definition) is 3. The lowest BCUT2D eigenvalue weighted by atomic mass is 10.1. The molecule has 0 spiro atoms. The summed E-state index contributed by atoms with van der Waals surface area (Å²) < 4.78 is 11.4. The largest absolute Gasteiger partial charge is 0.493 e. The number of anilines is 1. The van der Waals surface area contributed by atoms with E-state index in [1.807, 2.05) is 38.1 Å². The van der Waals surface area contributed by atoms with Gasteiger partial charge in [-0.15, -0.1) is 0 Å². The number of aryl methyl sites for hydroxylation is 2. The Kier molecular flexibility index (Phi) is 12.3. The Morgan fingerprint density at radius 2 is 1.90 bits per heavy atom. The molecule has 2 heterocycles. The highest BCUT2D eigenvalue weighted by Crippen LogP contribution is 2.25. The van der Waals surface area contributed by atoms with Gasteiger partial charge in [0.25, 0.3) is 0 Å². The highest BCUT2D eigenvalue weighted by Gasteiger charge is 2.21. The fourth-order valence-electron chi connectivity index (χ4n) is 4.70. The summed E-state index contributed by atoms with van der Waals surface area (Å²) in [6, 6.07) is 10.9. The summed E-state index contributed by atoms with van der Waals surface area (Å²) in [5.74, 6) is 1.31. The van der Waals surface area contributed by atoms with Crippen LogP contribution < -0.4 is 20.1 Å². The highest BCUT2D eigenvalue weighted by molar-refractivity contribution is 5.83. The monoisotopic (exact) mass is 540 g/mol. The van der Waals surface area contributed by atoms with Crippen LogP contribution in [-0.2, 0) is 22.4 Å². The second-order valence-electron chi connectivity index (χ2n) is 10.5. The summed E-state index contributed by atoms with van der Waals surface area (Å²) in [5, 5.41) is 15.8. The van der Waals surface area contributed by atoms with Crippen molar-refractivity contribution in [1.82, 2.24) is 15.2 Å². The summed E-state index contributed by atoms with van der Waals surface area (Å²) in [6.07, 6.45) is 5.68. The number of benzene rings is 1.